The predicted octanol–water partition coefficient (Wildman–Crippen LogP) is 4.57. The molecule has 0 aromatic rings. The Balaban J connectivity index is 5.46. The predicted molar refractivity (Wildman–Crippen MR) is 57.5 cm³/mol. The molecule has 0 N–H and O–H groups in total. The second-order valence-corrected chi connectivity index (χ2v) is 3.09. The van der Waals surface area contributed by atoms with Crippen molar-refractivity contribution in [2.45, 2.75) is 26.4 Å². The van der Waals surface area contributed by atoms with Gasteiger partial charge in [-0.2, -0.15) is 13.2 Å². The van der Waals surface area contributed by atoms with Crippen molar-refractivity contribution in [3.63, 3.8) is 0 Å². The molecule has 0 rings (SSSR count). The first-order chi connectivity index (χ1) is 6.86. The molecule has 0 unspecified atom stereocenters. The molecule has 0 spiro atoms. The van der Waals surface area contributed by atoms with Gasteiger partial charge in [-0.25, -0.2) is 0 Å². The van der Waals surface area contributed by atoms with Crippen molar-refractivity contribution in [3.05, 3.63) is 48.1 Å². The molecule has 0 radical (unpaired) electrons. The van der Waals surface area contributed by atoms with E-state index in [1.165, 1.54) is 12.2 Å². The average Bonchev–Trinajstić information content (AvgIpc) is 2.14. The molecule has 0 saturated carbocycles. The highest BCUT2D eigenvalue weighted by Crippen LogP contribution is 2.31. The van der Waals surface area contributed by atoms with E-state index in [0.29, 0.717) is 12.0 Å². The van der Waals surface area contributed by atoms with E-state index >= 15 is 0 Å². The Morgan fingerprint density at radius 3 is 2.00 bits per heavy atom. The molecule has 0 saturated heterocycles. The molecular weight excluding hydrogens is 201 g/mol. The van der Waals surface area contributed by atoms with Crippen LogP contribution in [0.15, 0.2) is 48.1 Å². The van der Waals surface area contributed by atoms with E-state index in [2.05, 4.69) is 13.2 Å². The van der Waals surface area contributed by atoms with Crippen LogP contribution in [0.25, 0.3) is 0 Å². The normalized spacial score (nSPS) is 14.6. The third kappa shape index (κ3) is 4.19. The molecule has 3 heteroatoms. The summed E-state index contributed by atoms with van der Waals surface area (Å²) in [5, 5.41) is 0. The summed E-state index contributed by atoms with van der Waals surface area (Å²) in [6.45, 7) is 10.1. The maximum Gasteiger partial charge on any atom is 0.416 e. The van der Waals surface area contributed by atoms with Crippen molar-refractivity contribution in [1.82, 2.24) is 0 Å². The van der Waals surface area contributed by atoms with Crippen LogP contribution in [0.1, 0.15) is 20.3 Å². The zero-order valence-electron chi connectivity index (χ0n) is 8.99. The third-order valence-electron chi connectivity index (χ3n) is 1.96. The number of hydrogen-bond acceptors (Lipinski definition) is 0. The van der Waals surface area contributed by atoms with Crippen molar-refractivity contribution < 1.29 is 13.2 Å². The molecule has 15 heavy (non-hydrogen) atoms. The first-order valence-electron chi connectivity index (χ1n) is 4.60. The lowest BCUT2D eigenvalue weighted by Crippen LogP contribution is -2.12. The molecule has 0 nitrogen and oxygen atoms in total. The van der Waals surface area contributed by atoms with Crippen LogP contribution in [0.5, 0.6) is 0 Å². The third-order valence-corrected chi connectivity index (χ3v) is 1.96. The topological polar surface area (TPSA) is 0 Å². The van der Waals surface area contributed by atoms with Gasteiger partial charge in [-0.15, -0.1) is 0 Å². The van der Waals surface area contributed by atoms with Gasteiger partial charge >= 0.3 is 6.18 Å². The Bertz CT molecular complexity index is 303. The summed E-state index contributed by atoms with van der Waals surface area (Å²) in [6.07, 6.45) is -0.174. The molecule has 0 bridgehead atoms. The monoisotopic (exact) mass is 216 g/mol. The summed E-state index contributed by atoms with van der Waals surface area (Å²) in [7, 11) is 0. The van der Waals surface area contributed by atoms with Gasteiger partial charge in [0.15, 0.2) is 0 Å². The zero-order chi connectivity index (χ0) is 12.1. The highest BCUT2D eigenvalue weighted by molar-refractivity contribution is 5.38. The van der Waals surface area contributed by atoms with E-state index in [1.807, 2.05) is 0 Å². The molecule has 0 aliphatic heterocycles. The molecule has 0 atom stereocenters. The van der Waals surface area contributed by atoms with Gasteiger partial charge in [0.1, 0.15) is 0 Å². The van der Waals surface area contributed by atoms with Crippen LogP contribution in [0.3, 0.4) is 0 Å². The van der Waals surface area contributed by atoms with Gasteiger partial charge in [-0.05, 0) is 18.9 Å². The van der Waals surface area contributed by atoms with Gasteiger partial charge in [0.2, 0.25) is 0 Å². The average molecular weight is 216 g/mol. The second-order valence-electron chi connectivity index (χ2n) is 3.09. The molecule has 0 aliphatic carbocycles. The molecule has 0 fully saturated rings. The minimum absolute atomic E-state index is 0.231. The van der Waals surface area contributed by atoms with Gasteiger partial charge in [0.05, 0.1) is 5.57 Å². The zero-order valence-corrected chi connectivity index (χ0v) is 8.99. The number of hydrogen-bond donors (Lipinski definition) is 0. The highest BCUT2D eigenvalue weighted by atomic mass is 19.4. The second kappa shape index (κ2) is 5.59. The van der Waals surface area contributed by atoms with Gasteiger partial charge in [-0.3, -0.25) is 0 Å². The number of rotatable bonds is 4. The van der Waals surface area contributed by atoms with Crippen molar-refractivity contribution in [3.8, 4) is 0 Å². The minimum Gasteiger partial charge on any atom is -0.166 e. The van der Waals surface area contributed by atoms with E-state index in [1.54, 1.807) is 13.8 Å². The highest BCUT2D eigenvalue weighted by Gasteiger charge is 2.33. The molecule has 84 valence electrons. The lowest BCUT2D eigenvalue weighted by atomic mass is 10.0. The van der Waals surface area contributed by atoms with Crippen LogP contribution < -0.4 is 0 Å². The Kier molecular flexibility index (Phi) is 5.12. The van der Waals surface area contributed by atoms with Crippen molar-refractivity contribution >= 4 is 0 Å². The van der Waals surface area contributed by atoms with Crippen LogP contribution in [0, 0.1) is 0 Å². The van der Waals surface area contributed by atoms with E-state index in [4.69, 9.17) is 0 Å². The summed E-state index contributed by atoms with van der Waals surface area (Å²) >= 11 is 0. The quantitative estimate of drug-likeness (QED) is 0.604. The minimum atomic E-state index is -4.34. The summed E-state index contributed by atoms with van der Waals surface area (Å²) < 4.78 is 37.6. The van der Waals surface area contributed by atoms with Crippen molar-refractivity contribution in [2.75, 3.05) is 0 Å². The summed E-state index contributed by atoms with van der Waals surface area (Å²) in [5.74, 6) is 0. The van der Waals surface area contributed by atoms with Gasteiger partial charge < -0.3 is 0 Å². The van der Waals surface area contributed by atoms with E-state index in [-0.39, 0.29) is 5.57 Å². The standard InChI is InChI=1S/C12H15F3/c1-5-9(4)8-10(6-2)11(7-3)12(13,14)15/h5,7-8H,1,3,6H2,2,4H3/b9-8+,11-10+. The van der Waals surface area contributed by atoms with Crippen molar-refractivity contribution in [2.24, 2.45) is 0 Å². The van der Waals surface area contributed by atoms with Crippen LogP contribution in [-0.4, -0.2) is 6.18 Å². The number of halogens is 3. The van der Waals surface area contributed by atoms with Gasteiger partial charge in [0, 0.05) is 0 Å². The molecule has 0 aromatic carbocycles. The largest absolute Gasteiger partial charge is 0.416 e. The Labute approximate surface area is 88.5 Å². The smallest absolute Gasteiger partial charge is 0.166 e. The lowest BCUT2D eigenvalue weighted by Gasteiger charge is -2.11. The van der Waals surface area contributed by atoms with Crippen LogP contribution >= 0.6 is 0 Å². The number of allylic oxidation sites excluding steroid dienone is 6. The lowest BCUT2D eigenvalue weighted by molar-refractivity contribution is -0.0888. The van der Waals surface area contributed by atoms with Crippen LogP contribution in [0.4, 0.5) is 13.2 Å². The number of alkyl halides is 3. The Morgan fingerprint density at radius 2 is 1.73 bits per heavy atom. The first-order valence-corrected chi connectivity index (χ1v) is 4.60. The van der Waals surface area contributed by atoms with Crippen LogP contribution in [0.2, 0.25) is 0 Å². The van der Waals surface area contributed by atoms with E-state index < -0.39 is 11.7 Å². The maximum atomic E-state index is 12.5. The van der Waals surface area contributed by atoms with Gasteiger partial charge in [-0.1, -0.05) is 43.9 Å². The summed E-state index contributed by atoms with van der Waals surface area (Å²) in [6, 6.07) is 0. The Morgan fingerprint density at radius 1 is 1.20 bits per heavy atom. The molecule has 0 heterocycles. The van der Waals surface area contributed by atoms with E-state index in [0.717, 1.165) is 6.08 Å². The van der Waals surface area contributed by atoms with E-state index in [9.17, 15) is 13.2 Å². The van der Waals surface area contributed by atoms with Crippen LogP contribution in [-0.2, 0) is 0 Å². The molecule has 0 aliphatic rings. The fourth-order valence-corrected chi connectivity index (χ4v) is 1.13. The van der Waals surface area contributed by atoms with Gasteiger partial charge in [0.25, 0.3) is 0 Å². The maximum absolute atomic E-state index is 12.5. The van der Waals surface area contributed by atoms with Crippen molar-refractivity contribution in [1.29, 1.82) is 0 Å². The summed E-state index contributed by atoms with van der Waals surface area (Å²) in [5.41, 5.74) is 0.261. The molecule has 0 amide bonds. The fraction of sp³-hybridized carbons (Fsp3) is 0.333. The Hall–Kier alpha value is -1.25. The SMILES string of the molecule is C=C/C(C)=C/C(CC)=C(\C=C)C(F)(F)F. The first kappa shape index (κ1) is 13.8. The fourth-order valence-electron chi connectivity index (χ4n) is 1.13. The summed E-state index contributed by atoms with van der Waals surface area (Å²) in [4.78, 5) is 0. The molecule has 0 aromatic heterocycles. The molecular formula is C12H15F3.